The number of halogens is 1. The Balaban J connectivity index is 1.40. The SMILES string of the molecule is O=C1CCCc2cc(C(=O)N3CCc4noc(-c5ccc(Cl)cc5)c4C3)ccc2N1. The summed E-state index contributed by atoms with van der Waals surface area (Å²) in [4.78, 5) is 26.8. The Kier molecular flexibility index (Phi) is 4.79. The molecule has 0 spiro atoms. The molecule has 0 aliphatic carbocycles. The van der Waals surface area contributed by atoms with Crippen LogP contribution >= 0.6 is 11.6 Å². The number of anilines is 1. The van der Waals surface area contributed by atoms with Crippen molar-refractivity contribution in [1.82, 2.24) is 10.1 Å². The molecule has 3 heterocycles. The van der Waals surface area contributed by atoms with E-state index in [0.717, 1.165) is 40.9 Å². The number of hydrogen-bond acceptors (Lipinski definition) is 4. The summed E-state index contributed by atoms with van der Waals surface area (Å²) in [5, 5.41) is 7.78. The van der Waals surface area contributed by atoms with Gasteiger partial charge in [0, 0.05) is 46.8 Å². The summed E-state index contributed by atoms with van der Waals surface area (Å²) in [5.41, 5.74) is 5.18. The van der Waals surface area contributed by atoms with E-state index in [4.69, 9.17) is 16.1 Å². The van der Waals surface area contributed by atoms with Crippen LogP contribution in [0.2, 0.25) is 5.02 Å². The summed E-state index contributed by atoms with van der Waals surface area (Å²) in [7, 11) is 0. The Labute approximate surface area is 178 Å². The Hall–Kier alpha value is -3.12. The maximum Gasteiger partial charge on any atom is 0.254 e. The van der Waals surface area contributed by atoms with Crippen LogP contribution in [0.3, 0.4) is 0 Å². The number of aryl methyl sites for hydroxylation is 1. The van der Waals surface area contributed by atoms with E-state index in [0.29, 0.717) is 42.3 Å². The summed E-state index contributed by atoms with van der Waals surface area (Å²) in [6.07, 6.45) is 2.73. The standard InChI is InChI=1S/C23H20ClN3O3/c24-17-7-4-14(5-8-17)22-18-13-27(11-10-20(18)26-30-22)23(29)16-6-9-19-15(12-16)2-1-3-21(28)25-19/h4-9,12H,1-3,10-11,13H2,(H,25,28). The van der Waals surface area contributed by atoms with Crippen molar-refractivity contribution in [3.05, 3.63) is 69.9 Å². The first-order chi connectivity index (χ1) is 14.6. The highest BCUT2D eigenvalue weighted by Gasteiger charge is 2.28. The van der Waals surface area contributed by atoms with Crippen molar-refractivity contribution in [2.75, 3.05) is 11.9 Å². The second-order valence-electron chi connectivity index (χ2n) is 7.69. The van der Waals surface area contributed by atoms with Gasteiger partial charge in [0.15, 0.2) is 5.76 Å². The van der Waals surface area contributed by atoms with E-state index in [2.05, 4.69) is 10.5 Å². The number of rotatable bonds is 2. The average Bonchev–Trinajstić information content (AvgIpc) is 3.08. The lowest BCUT2D eigenvalue weighted by atomic mass is 10.00. The van der Waals surface area contributed by atoms with E-state index in [1.807, 2.05) is 41.3 Å². The van der Waals surface area contributed by atoms with Gasteiger partial charge in [0.25, 0.3) is 5.91 Å². The molecule has 0 atom stereocenters. The molecule has 1 N–H and O–H groups in total. The van der Waals surface area contributed by atoms with Crippen molar-refractivity contribution in [2.24, 2.45) is 0 Å². The topological polar surface area (TPSA) is 75.4 Å². The number of amides is 2. The molecule has 0 saturated carbocycles. The highest BCUT2D eigenvalue weighted by molar-refractivity contribution is 6.30. The molecule has 0 bridgehead atoms. The molecule has 152 valence electrons. The maximum atomic E-state index is 13.2. The van der Waals surface area contributed by atoms with Crippen LogP contribution in [0.4, 0.5) is 5.69 Å². The second kappa shape index (κ2) is 7.61. The third-order valence-corrected chi connectivity index (χ3v) is 5.96. The Bertz CT molecular complexity index is 1140. The first kappa shape index (κ1) is 18.9. The lowest BCUT2D eigenvalue weighted by molar-refractivity contribution is -0.116. The predicted octanol–water partition coefficient (Wildman–Crippen LogP) is 4.47. The van der Waals surface area contributed by atoms with Crippen molar-refractivity contribution in [3.8, 4) is 11.3 Å². The number of fused-ring (bicyclic) bond motifs is 2. The van der Waals surface area contributed by atoms with Crippen molar-refractivity contribution < 1.29 is 14.1 Å². The van der Waals surface area contributed by atoms with E-state index < -0.39 is 0 Å². The molecule has 6 nitrogen and oxygen atoms in total. The van der Waals surface area contributed by atoms with Gasteiger partial charge in [0.05, 0.1) is 12.2 Å². The quantitative estimate of drug-likeness (QED) is 0.662. The van der Waals surface area contributed by atoms with E-state index in [-0.39, 0.29) is 11.8 Å². The monoisotopic (exact) mass is 421 g/mol. The molecule has 0 radical (unpaired) electrons. The average molecular weight is 422 g/mol. The minimum absolute atomic E-state index is 0.0257. The lowest BCUT2D eigenvalue weighted by Crippen LogP contribution is -2.36. The van der Waals surface area contributed by atoms with E-state index >= 15 is 0 Å². The summed E-state index contributed by atoms with van der Waals surface area (Å²) >= 11 is 6.00. The van der Waals surface area contributed by atoms with Gasteiger partial charge in [0.1, 0.15) is 0 Å². The molecular weight excluding hydrogens is 402 g/mol. The molecule has 1 aromatic heterocycles. The van der Waals surface area contributed by atoms with Gasteiger partial charge in [-0.15, -0.1) is 0 Å². The first-order valence-electron chi connectivity index (χ1n) is 10.0. The highest BCUT2D eigenvalue weighted by Crippen LogP contribution is 2.32. The third kappa shape index (κ3) is 3.48. The third-order valence-electron chi connectivity index (χ3n) is 5.71. The van der Waals surface area contributed by atoms with Crippen molar-refractivity contribution >= 4 is 29.1 Å². The molecular formula is C23H20ClN3O3. The van der Waals surface area contributed by atoms with Gasteiger partial charge in [-0.25, -0.2) is 0 Å². The molecule has 30 heavy (non-hydrogen) atoms. The summed E-state index contributed by atoms with van der Waals surface area (Å²) in [6.45, 7) is 1.04. The van der Waals surface area contributed by atoms with Gasteiger partial charge in [0.2, 0.25) is 5.91 Å². The number of hydrogen-bond donors (Lipinski definition) is 1. The Morgan fingerprint density at radius 2 is 1.93 bits per heavy atom. The van der Waals surface area contributed by atoms with Gasteiger partial charge < -0.3 is 14.7 Å². The number of benzene rings is 2. The molecule has 3 aromatic rings. The fraction of sp³-hybridized carbons (Fsp3) is 0.261. The van der Waals surface area contributed by atoms with Crippen molar-refractivity contribution in [2.45, 2.75) is 32.2 Å². The van der Waals surface area contributed by atoms with Gasteiger partial charge in [-0.3, -0.25) is 9.59 Å². The van der Waals surface area contributed by atoms with E-state index in [1.54, 1.807) is 6.07 Å². The van der Waals surface area contributed by atoms with Crippen LogP contribution in [-0.4, -0.2) is 28.4 Å². The summed E-state index contributed by atoms with van der Waals surface area (Å²) in [5.74, 6) is 0.685. The fourth-order valence-electron chi connectivity index (χ4n) is 4.10. The van der Waals surface area contributed by atoms with Crippen LogP contribution in [-0.2, 0) is 24.2 Å². The smallest absolute Gasteiger partial charge is 0.254 e. The zero-order valence-electron chi connectivity index (χ0n) is 16.3. The zero-order chi connectivity index (χ0) is 20.7. The van der Waals surface area contributed by atoms with Crippen LogP contribution in [0, 0.1) is 0 Å². The van der Waals surface area contributed by atoms with Crippen LogP contribution < -0.4 is 5.32 Å². The molecule has 0 saturated heterocycles. The van der Waals surface area contributed by atoms with E-state index in [9.17, 15) is 9.59 Å². The second-order valence-corrected chi connectivity index (χ2v) is 8.13. The van der Waals surface area contributed by atoms with Gasteiger partial charge >= 0.3 is 0 Å². The van der Waals surface area contributed by atoms with Crippen molar-refractivity contribution in [3.63, 3.8) is 0 Å². The summed E-state index contributed by atoms with van der Waals surface area (Å²) < 4.78 is 5.60. The minimum atomic E-state index is -0.0257. The molecule has 2 amide bonds. The minimum Gasteiger partial charge on any atom is -0.356 e. The van der Waals surface area contributed by atoms with Gasteiger partial charge in [-0.05, 0) is 60.9 Å². The van der Waals surface area contributed by atoms with Gasteiger partial charge in [-0.2, -0.15) is 0 Å². The lowest BCUT2D eigenvalue weighted by Gasteiger charge is -2.27. The Morgan fingerprint density at radius 1 is 1.10 bits per heavy atom. The van der Waals surface area contributed by atoms with Crippen LogP contribution in [0.5, 0.6) is 0 Å². The van der Waals surface area contributed by atoms with Crippen molar-refractivity contribution in [1.29, 1.82) is 0 Å². The van der Waals surface area contributed by atoms with Crippen LogP contribution in [0.15, 0.2) is 47.0 Å². The maximum absolute atomic E-state index is 13.2. The Morgan fingerprint density at radius 3 is 2.77 bits per heavy atom. The fourth-order valence-corrected chi connectivity index (χ4v) is 4.23. The normalized spacial score (nSPS) is 15.8. The molecule has 2 aliphatic rings. The molecule has 2 aliphatic heterocycles. The van der Waals surface area contributed by atoms with E-state index in [1.165, 1.54) is 0 Å². The number of aromatic nitrogens is 1. The number of carbonyl (C=O) groups is 2. The largest absolute Gasteiger partial charge is 0.356 e. The van der Waals surface area contributed by atoms with Gasteiger partial charge in [-0.1, -0.05) is 16.8 Å². The van der Waals surface area contributed by atoms with Crippen LogP contribution in [0.25, 0.3) is 11.3 Å². The molecule has 0 unspecified atom stereocenters. The highest BCUT2D eigenvalue weighted by atomic mass is 35.5. The number of nitrogens with zero attached hydrogens (tertiary/aromatic N) is 2. The number of nitrogens with one attached hydrogen (secondary N) is 1. The molecule has 2 aromatic carbocycles. The number of carbonyl (C=O) groups excluding carboxylic acids is 2. The van der Waals surface area contributed by atoms with Crippen LogP contribution in [0.1, 0.15) is 40.0 Å². The molecule has 0 fully saturated rings. The summed E-state index contributed by atoms with van der Waals surface area (Å²) in [6, 6.07) is 12.9. The first-order valence-corrected chi connectivity index (χ1v) is 10.4. The molecule has 7 heteroatoms. The molecule has 5 rings (SSSR count). The predicted molar refractivity (Wildman–Crippen MR) is 113 cm³/mol. The zero-order valence-corrected chi connectivity index (χ0v) is 17.0.